The maximum Gasteiger partial charge on any atom is 0.267 e. The topological polar surface area (TPSA) is 57.4 Å². The van der Waals surface area contributed by atoms with Gasteiger partial charge in [0.25, 0.3) is 5.91 Å². The first-order chi connectivity index (χ1) is 13.7. The van der Waals surface area contributed by atoms with E-state index in [0.29, 0.717) is 18.8 Å². The summed E-state index contributed by atoms with van der Waals surface area (Å²) < 4.78 is 5.87. The molecule has 1 amide bonds. The zero-order chi connectivity index (χ0) is 19.8. The molecule has 0 saturated heterocycles. The van der Waals surface area contributed by atoms with Crippen LogP contribution in [-0.2, 0) is 6.61 Å². The maximum atomic E-state index is 12.4. The molecule has 0 unspecified atom stereocenters. The molecule has 28 heavy (non-hydrogen) atoms. The molecule has 3 rings (SSSR count). The zero-order valence-electron chi connectivity index (χ0n) is 16.7. The van der Waals surface area contributed by atoms with Crippen LogP contribution in [0.15, 0.2) is 54.6 Å². The Morgan fingerprint density at radius 3 is 2.61 bits per heavy atom. The van der Waals surface area contributed by atoms with E-state index in [-0.39, 0.29) is 5.91 Å². The summed E-state index contributed by atoms with van der Waals surface area (Å²) in [5, 5.41) is 4.00. The van der Waals surface area contributed by atoms with E-state index in [1.54, 1.807) is 0 Å². The SMILES string of the molecule is CCN(CC)CCCNC(=O)c1cc2ccc(OCc3ccccc3)cc2[nH]1. The van der Waals surface area contributed by atoms with E-state index in [1.807, 2.05) is 54.6 Å². The fourth-order valence-corrected chi connectivity index (χ4v) is 3.20. The summed E-state index contributed by atoms with van der Waals surface area (Å²) in [4.78, 5) is 18.0. The van der Waals surface area contributed by atoms with E-state index in [4.69, 9.17) is 4.74 Å². The van der Waals surface area contributed by atoms with Crippen LogP contribution in [0.5, 0.6) is 5.75 Å². The van der Waals surface area contributed by atoms with Crippen LogP contribution in [0.3, 0.4) is 0 Å². The second kappa shape index (κ2) is 9.95. The van der Waals surface area contributed by atoms with Gasteiger partial charge in [-0.2, -0.15) is 0 Å². The van der Waals surface area contributed by atoms with Crippen molar-refractivity contribution < 1.29 is 9.53 Å². The Morgan fingerprint density at radius 2 is 1.86 bits per heavy atom. The van der Waals surface area contributed by atoms with Gasteiger partial charge in [0.15, 0.2) is 0 Å². The van der Waals surface area contributed by atoms with Crippen molar-refractivity contribution in [3.63, 3.8) is 0 Å². The third-order valence-corrected chi connectivity index (χ3v) is 4.92. The summed E-state index contributed by atoms with van der Waals surface area (Å²) >= 11 is 0. The molecular weight excluding hydrogens is 350 g/mol. The van der Waals surface area contributed by atoms with Gasteiger partial charge in [0.2, 0.25) is 0 Å². The number of carbonyl (C=O) groups is 1. The van der Waals surface area contributed by atoms with E-state index in [0.717, 1.165) is 48.3 Å². The summed E-state index contributed by atoms with van der Waals surface area (Å²) in [6.07, 6.45) is 0.950. The second-order valence-corrected chi connectivity index (χ2v) is 6.84. The lowest BCUT2D eigenvalue weighted by Crippen LogP contribution is -2.30. The van der Waals surface area contributed by atoms with Gasteiger partial charge in [-0.1, -0.05) is 44.2 Å². The molecule has 2 aromatic carbocycles. The number of benzene rings is 2. The minimum atomic E-state index is -0.0671. The molecule has 0 atom stereocenters. The molecule has 1 aromatic heterocycles. The first-order valence-corrected chi connectivity index (χ1v) is 9.99. The van der Waals surface area contributed by atoms with Gasteiger partial charge in [-0.05, 0) is 49.8 Å². The minimum Gasteiger partial charge on any atom is -0.489 e. The number of aromatic nitrogens is 1. The van der Waals surface area contributed by atoms with Crippen molar-refractivity contribution in [3.8, 4) is 5.75 Å². The molecule has 0 aliphatic carbocycles. The maximum absolute atomic E-state index is 12.4. The molecule has 0 spiro atoms. The van der Waals surface area contributed by atoms with E-state index in [1.165, 1.54) is 0 Å². The standard InChI is InChI=1S/C23H29N3O2/c1-3-26(4-2)14-8-13-24-23(27)22-15-19-11-12-20(16-21(19)25-22)28-17-18-9-6-5-7-10-18/h5-7,9-12,15-16,25H,3-4,8,13-14,17H2,1-2H3,(H,24,27). The molecule has 0 saturated carbocycles. The van der Waals surface area contributed by atoms with Crippen molar-refractivity contribution in [1.29, 1.82) is 0 Å². The fourth-order valence-electron chi connectivity index (χ4n) is 3.20. The number of aromatic amines is 1. The summed E-state index contributed by atoms with van der Waals surface area (Å²) in [7, 11) is 0. The van der Waals surface area contributed by atoms with Gasteiger partial charge >= 0.3 is 0 Å². The van der Waals surface area contributed by atoms with Gasteiger partial charge in [0, 0.05) is 23.5 Å². The fraction of sp³-hybridized carbons (Fsp3) is 0.348. The smallest absolute Gasteiger partial charge is 0.267 e. The average molecular weight is 380 g/mol. The monoisotopic (exact) mass is 379 g/mol. The Bertz CT molecular complexity index is 885. The molecule has 5 nitrogen and oxygen atoms in total. The lowest BCUT2D eigenvalue weighted by Gasteiger charge is -2.17. The van der Waals surface area contributed by atoms with E-state index in [2.05, 4.69) is 29.0 Å². The van der Waals surface area contributed by atoms with Crippen LogP contribution >= 0.6 is 0 Å². The van der Waals surface area contributed by atoms with Crippen molar-refractivity contribution >= 4 is 16.8 Å². The number of hydrogen-bond acceptors (Lipinski definition) is 3. The first kappa shape index (κ1) is 20.0. The molecule has 0 fully saturated rings. The number of rotatable bonds is 10. The van der Waals surface area contributed by atoms with Gasteiger partial charge < -0.3 is 19.9 Å². The van der Waals surface area contributed by atoms with Crippen LogP contribution < -0.4 is 10.1 Å². The molecule has 3 aromatic rings. The average Bonchev–Trinajstić information content (AvgIpc) is 3.16. The lowest BCUT2D eigenvalue weighted by atomic mass is 10.2. The van der Waals surface area contributed by atoms with Crippen molar-refractivity contribution in [2.24, 2.45) is 0 Å². The molecule has 5 heteroatoms. The predicted octanol–water partition coefficient (Wildman–Crippen LogP) is 4.21. The second-order valence-electron chi connectivity index (χ2n) is 6.84. The molecule has 2 N–H and O–H groups in total. The molecule has 0 radical (unpaired) electrons. The van der Waals surface area contributed by atoms with Crippen molar-refractivity contribution in [1.82, 2.24) is 15.2 Å². The lowest BCUT2D eigenvalue weighted by molar-refractivity contribution is 0.0947. The highest BCUT2D eigenvalue weighted by atomic mass is 16.5. The van der Waals surface area contributed by atoms with Crippen molar-refractivity contribution in [2.45, 2.75) is 26.9 Å². The zero-order valence-corrected chi connectivity index (χ0v) is 16.7. The van der Waals surface area contributed by atoms with Crippen LogP contribution in [-0.4, -0.2) is 42.0 Å². The Morgan fingerprint density at radius 1 is 1.07 bits per heavy atom. The van der Waals surface area contributed by atoms with Crippen LogP contribution in [0, 0.1) is 0 Å². The highest BCUT2D eigenvalue weighted by Gasteiger charge is 2.10. The number of ether oxygens (including phenoxy) is 1. The first-order valence-electron chi connectivity index (χ1n) is 9.99. The summed E-state index contributed by atoms with van der Waals surface area (Å²) in [5.74, 6) is 0.715. The van der Waals surface area contributed by atoms with E-state index in [9.17, 15) is 4.79 Å². The van der Waals surface area contributed by atoms with Gasteiger partial charge in [0.1, 0.15) is 18.1 Å². The van der Waals surface area contributed by atoms with Crippen LogP contribution in [0.2, 0.25) is 0 Å². The van der Waals surface area contributed by atoms with Gasteiger partial charge in [-0.15, -0.1) is 0 Å². The quantitative estimate of drug-likeness (QED) is 0.519. The third kappa shape index (κ3) is 5.36. The number of nitrogens with zero attached hydrogens (tertiary/aromatic N) is 1. The molecule has 148 valence electrons. The van der Waals surface area contributed by atoms with Gasteiger partial charge in [-0.25, -0.2) is 0 Å². The molecule has 1 heterocycles. The number of nitrogens with one attached hydrogen (secondary N) is 2. The minimum absolute atomic E-state index is 0.0671. The van der Waals surface area contributed by atoms with Gasteiger partial charge in [-0.3, -0.25) is 4.79 Å². The highest BCUT2D eigenvalue weighted by Crippen LogP contribution is 2.22. The van der Waals surface area contributed by atoms with E-state index >= 15 is 0 Å². The number of hydrogen-bond donors (Lipinski definition) is 2. The normalized spacial score (nSPS) is 11.1. The van der Waals surface area contributed by atoms with Crippen LogP contribution in [0.25, 0.3) is 10.9 Å². The van der Waals surface area contributed by atoms with E-state index < -0.39 is 0 Å². The Balaban J connectivity index is 1.55. The number of H-pyrrole nitrogens is 1. The predicted molar refractivity (Wildman–Crippen MR) is 114 cm³/mol. The summed E-state index contributed by atoms with van der Waals surface area (Å²) in [6.45, 7) is 8.60. The largest absolute Gasteiger partial charge is 0.489 e. The number of fused-ring (bicyclic) bond motifs is 1. The van der Waals surface area contributed by atoms with Gasteiger partial charge in [0.05, 0.1) is 0 Å². The highest BCUT2D eigenvalue weighted by molar-refractivity contribution is 5.98. The van der Waals surface area contributed by atoms with Crippen LogP contribution in [0.1, 0.15) is 36.3 Å². The van der Waals surface area contributed by atoms with Crippen molar-refractivity contribution in [2.75, 3.05) is 26.2 Å². The van der Waals surface area contributed by atoms with Crippen molar-refractivity contribution in [3.05, 3.63) is 65.9 Å². The molecule has 0 aliphatic heterocycles. The summed E-state index contributed by atoms with van der Waals surface area (Å²) in [6, 6.07) is 17.8. The molecule has 0 bridgehead atoms. The third-order valence-electron chi connectivity index (χ3n) is 4.92. The number of amides is 1. The summed E-state index contributed by atoms with van der Waals surface area (Å²) in [5.41, 5.74) is 2.61. The Kier molecular flexibility index (Phi) is 7.09. The Hall–Kier alpha value is -2.79. The Labute approximate surface area is 166 Å². The van der Waals surface area contributed by atoms with Crippen LogP contribution in [0.4, 0.5) is 0 Å². The number of carbonyl (C=O) groups excluding carboxylic acids is 1. The molecule has 0 aliphatic rings. The molecular formula is C23H29N3O2.